The number of aromatic nitrogens is 2. The fraction of sp³-hybridized carbons (Fsp3) is 0.450. The highest BCUT2D eigenvalue weighted by molar-refractivity contribution is 5.76. The van der Waals surface area contributed by atoms with Gasteiger partial charge in [-0.1, -0.05) is 12.1 Å². The van der Waals surface area contributed by atoms with E-state index < -0.39 is 0 Å². The van der Waals surface area contributed by atoms with Crippen LogP contribution in [0.2, 0.25) is 0 Å². The Morgan fingerprint density at radius 1 is 1.37 bits per heavy atom. The second-order valence-corrected chi connectivity index (χ2v) is 7.31. The Kier molecular flexibility index (Phi) is 5.60. The molecule has 1 aliphatic heterocycles. The summed E-state index contributed by atoms with van der Waals surface area (Å²) >= 11 is 0. The minimum atomic E-state index is -0.316. The standard InChI is InChI=1S/C20H25N3O4/c1-20(2)12-15(9-10-27-20)21-18(24)13-23-19(25)8-7-17(22-23)14-5-4-6-16(11-14)26-3/h4-8,11,15H,9-10,12-13H2,1-3H3,(H,21,24)/t15-/m0/s1. The van der Waals surface area contributed by atoms with Gasteiger partial charge in [0.2, 0.25) is 5.91 Å². The number of benzene rings is 1. The Morgan fingerprint density at radius 3 is 2.93 bits per heavy atom. The van der Waals surface area contributed by atoms with Crippen molar-refractivity contribution < 1.29 is 14.3 Å². The van der Waals surface area contributed by atoms with Gasteiger partial charge >= 0.3 is 0 Å². The van der Waals surface area contributed by atoms with Gasteiger partial charge in [0.05, 0.1) is 18.4 Å². The van der Waals surface area contributed by atoms with Gasteiger partial charge in [0, 0.05) is 24.3 Å². The number of rotatable bonds is 5. The van der Waals surface area contributed by atoms with Crippen molar-refractivity contribution in [3.63, 3.8) is 0 Å². The molecule has 1 aliphatic rings. The molecule has 1 N–H and O–H groups in total. The Balaban J connectivity index is 1.73. The van der Waals surface area contributed by atoms with Crippen LogP contribution in [-0.2, 0) is 16.1 Å². The first kappa shape index (κ1) is 19.1. The van der Waals surface area contributed by atoms with Gasteiger partial charge in [-0.15, -0.1) is 0 Å². The number of hydrogen-bond acceptors (Lipinski definition) is 5. The summed E-state index contributed by atoms with van der Waals surface area (Å²) in [5, 5.41) is 7.33. The fourth-order valence-corrected chi connectivity index (χ4v) is 3.26. The van der Waals surface area contributed by atoms with Gasteiger partial charge in [-0.3, -0.25) is 9.59 Å². The number of carbonyl (C=O) groups is 1. The van der Waals surface area contributed by atoms with Crippen molar-refractivity contribution in [3.8, 4) is 17.0 Å². The Labute approximate surface area is 158 Å². The lowest BCUT2D eigenvalue weighted by atomic mass is 9.94. The van der Waals surface area contributed by atoms with Crippen molar-refractivity contribution >= 4 is 5.91 Å². The third-order valence-electron chi connectivity index (χ3n) is 4.59. The number of nitrogens with one attached hydrogen (secondary N) is 1. The molecular weight excluding hydrogens is 346 g/mol. The number of nitrogens with zero attached hydrogens (tertiary/aromatic N) is 2. The van der Waals surface area contributed by atoms with Crippen LogP contribution in [-0.4, -0.2) is 41.0 Å². The van der Waals surface area contributed by atoms with Crippen LogP contribution < -0.4 is 15.6 Å². The van der Waals surface area contributed by atoms with Crippen LogP contribution in [0.5, 0.6) is 5.75 Å². The molecule has 27 heavy (non-hydrogen) atoms. The number of carbonyl (C=O) groups excluding carboxylic acids is 1. The summed E-state index contributed by atoms with van der Waals surface area (Å²) in [7, 11) is 1.59. The minimum Gasteiger partial charge on any atom is -0.497 e. The van der Waals surface area contributed by atoms with Crippen LogP contribution in [0.3, 0.4) is 0 Å². The van der Waals surface area contributed by atoms with Crippen molar-refractivity contribution in [2.24, 2.45) is 0 Å². The summed E-state index contributed by atoms with van der Waals surface area (Å²) in [5.74, 6) is 0.474. The molecule has 0 aliphatic carbocycles. The van der Waals surface area contributed by atoms with Crippen molar-refractivity contribution in [2.75, 3.05) is 13.7 Å². The van der Waals surface area contributed by atoms with Crippen LogP contribution in [0, 0.1) is 0 Å². The monoisotopic (exact) mass is 371 g/mol. The molecular formula is C20H25N3O4. The van der Waals surface area contributed by atoms with E-state index in [2.05, 4.69) is 10.4 Å². The summed E-state index contributed by atoms with van der Waals surface area (Å²) in [6.45, 7) is 4.51. The number of hydrogen-bond donors (Lipinski definition) is 1. The molecule has 0 bridgehead atoms. The summed E-state index contributed by atoms with van der Waals surface area (Å²) in [5.41, 5.74) is 0.852. The molecule has 1 saturated heterocycles. The van der Waals surface area contributed by atoms with E-state index >= 15 is 0 Å². The van der Waals surface area contributed by atoms with Gasteiger partial charge in [0.25, 0.3) is 5.56 Å². The molecule has 1 aromatic carbocycles. The zero-order valence-electron chi connectivity index (χ0n) is 15.9. The molecule has 3 rings (SSSR count). The van der Waals surface area contributed by atoms with Gasteiger partial charge in [-0.05, 0) is 44.9 Å². The van der Waals surface area contributed by atoms with Gasteiger partial charge in [0.15, 0.2) is 0 Å². The Bertz CT molecular complexity index is 876. The van der Waals surface area contributed by atoms with E-state index in [4.69, 9.17) is 9.47 Å². The molecule has 1 atom stereocenters. The highest BCUT2D eigenvalue weighted by Crippen LogP contribution is 2.24. The molecule has 0 spiro atoms. The molecule has 0 saturated carbocycles. The average Bonchev–Trinajstić information content (AvgIpc) is 2.62. The fourth-order valence-electron chi connectivity index (χ4n) is 3.26. The maximum atomic E-state index is 12.4. The third-order valence-corrected chi connectivity index (χ3v) is 4.59. The summed E-state index contributed by atoms with van der Waals surface area (Å²) in [4.78, 5) is 24.6. The number of ether oxygens (including phenoxy) is 2. The van der Waals surface area contributed by atoms with Crippen molar-refractivity contribution in [1.82, 2.24) is 15.1 Å². The molecule has 144 valence electrons. The summed E-state index contributed by atoms with van der Waals surface area (Å²) in [6, 6.07) is 10.5. The normalized spacial score (nSPS) is 18.7. The van der Waals surface area contributed by atoms with E-state index in [1.54, 1.807) is 13.2 Å². The summed E-state index contributed by atoms with van der Waals surface area (Å²) < 4.78 is 12.1. The van der Waals surface area contributed by atoms with Gasteiger partial charge in [-0.2, -0.15) is 5.10 Å². The van der Waals surface area contributed by atoms with E-state index in [0.717, 1.165) is 18.4 Å². The van der Waals surface area contributed by atoms with Crippen molar-refractivity contribution in [1.29, 1.82) is 0 Å². The molecule has 2 heterocycles. The SMILES string of the molecule is COc1cccc(-c2ccc(=O)n(CC(=O)N[C@H]3CCOC(C)(C)C3)n2)c1. The average molecular weight is 371 g/mol. The van der Waals surface area contributed by atoms with Crippen molar-refractivity contribution in [2.45, 2.75) is 44.9 Å². The first-order valence-corrected chi connectivity index (χ1v) is 9.02. The first-order valence-electron chi connectivity index (χ1n) is 9.02. The second kappa shape index (κ2) is 7.92. The van der Waals surface area contributed by atoms with E-state index in [1.165, 1.54) is 10.7 Å². The predicted octanol–water partition coefficient (Wildman–Crippen LogP) is 1.99. The topological polar surface area (TPSA) is 82.5 Å². The number of amides is 1. The number of methoxy groups -OCH3 is 1. The molecule has 0 unspecified atom stereocenters. The molecule has 1 amide bonds. The van der Waals surface area contributed by atoms with Crippen molar-refractivity contribution in [3.05, 3.63) is 46.8 Å². The largest absolute Gasteiger partial charge is 0.497 e. The highest BCUT2D eigenvalue weighted by atomic mass is 16.5. The third kappa shape index (κ3) is 4.95. The molecule has 2 aromatic rings. The first-order chi connectivity index (χ1) is 12.9. The zero-order valence-corrected chi connectivity index (χ0v) is 15.9. The molecule has 1 aromatic heterocycles. The van der Waals surface area contributed by atoms with E-state index in [9.17, 15) is 9.59 Å². The molecule has 1 fully saturated rings. The zero-order chi connectivity index (χ0) is 19.4. The Morgan fingerprint density at radius 2 is 2.19 bits per heavy atom. The van der Waals surface area contributed by atoms with Crippen LogP contribution in [0.1, 0.15) is 26.7 Å². The molecule has 0 radical (unpaired) electrons. The van der Waals surface area contributed by atoms with E-state index in [-0.39, 0.29) is 29.7 Å². The minimum absolute atomic E-state index is 0.0403. The second-order valence-electron chi connectivity index (χ2n) is 7.31. The molecule has 7 nitrogen and oxygen atoms in total. The summed E-state index contributed by atoms with van der Waals surface area (Å²) in [6.07, 6.45) is 1.51. The lowest BCUT2D eigenvalue weighted by Crippen LogP contribution is -2.47. The van der Waals surface area contributed by atoms with Gasteiger partial charge in [0.1, 0.15) is 12.3 Å². The molecule has 7 heteroatoms. The maximum absolute atomic E-state index is 12.4. The van der Waals surface area contributed by atoms with E-state index in [1.807, 2.05) is 38.1 Å². The highest BCUT2D eigenvalue weighted by Gasteiger charge is 2.29. The lowest BCUT2D eigenvalue weighted by Gasteiger charge is -2.35. The maximum Gasteiger partial charge on any atom is 0.267 e. The predicted molar refractivity (Wildman–Crippen MR) is 102 cm³/mol. The van der Waals surface area contributed by atoms with Crippen LogP contribution >= 0.6 is 0 Å². The van der Waals surface area contributed by atoms with Crippen LogP contribution in [0.4, 0.5) is 0 Å². The van der Waals surface area contributed by atoms with Gasteiger partial charge < -0.3 is 14.8 Å². The lowest BCUT2D eigenvalue weighted by molar-refractivity contribution is -0.124. The Hall–Kier alpha value is -2.67. The van der Waals surface area contributed by atoms with Crippen LogP contribution in [0.15, 0.2) is 41.2 Å². The van der Waals surface area contributed by atoms with E-state index in [0.29, 0.717) is 18.1 Å². The smallest absolute Gasteiger partial charge is 0.267 e. The van der Waals surface area contributed by atoms with Gasteiger partial charge in [-0.25, -0.2) is 4.68 Å². The van der Waals surface area contributed by atoms with Crippen LogP contribution in [0.25, 0.3) is 11.3 Å². The quantitative estimate of drug-likeness (QED) is 0.869.